The molecule has 0 bridgehead atoms. The Morgan fingerprint density at radius 1 is 1.50 bits per heavy atom. The molecule has 1 amide bonds. The van der Waals surface area contributed by atoms with Crippen molar-refractivity contribution >= 4 is 11.9 Å². The van der Waals surface area contributed by atoms with Gasteiger partial charge < -0.3 is 15.0 Å². The Hall–Kier alpha value is -1.78. The van der Waals surface area contributed by atoms with Crippen molar-refractivity contribution in [2.45, 2.75) is 19.3 Å². The van der Waals surface area contributed by atoms with E-state index < -0.39 is 11.9 Å². The van der Waals surface area contributed by atoms with Gasteiger partial charge >= 0.3 is 11.9 Å². The van der Waals surface area contributed by atoms with Crippen LogP contribution in [0.4, 0.5) is 0 Å². The summed E-state index contributed by atoms with van der Waals surface area (Å²) in [5.41, 5.74) is 0.835. The maximum atomic E-state index is 11.2. The molecule has 0 saturated heterocycles. The van der Waals surface area contributed by atoms with Gasteiger partial charge in [-0.2, -0.15) is 0 Å². The van der Waals surface area contributed by atoms with E-state index in [-0.39, 0.29) is 5.41 Å². The van der Waals surface area contributed by atoms with Crippen molar-refractivity contribution in [2.24, 2.45) is 0 Å². The molecule has 1 heterocycles. The average molecular weight is 224 g/mol. The fraction of sp³-hybridized carbons (Fsp3) is 0.455. The first kappa shape index (κ1) is 12.3. The van der Waals surface area contributed by atoms with Gasteiger partial charge in [0.2, 0.25) is 0 Å². The molecular weight excluding hydrogens is 208 g/mol. The SMILES string of the molecule is COC(=O)C(=O)NCC(C)(C)c1cc[nH]c1. The van der Waals surface area contributed by atoms with E-state index in [9.17, 15) is 9.59 Å². The van der Waals surface area contributed by atoms with E-state index in [1.807, 2.05) is 32.3 Å². The van der Waals surface area contributed by atoms with Gasteiger partial charge in [0.1, 0.15) is 0 Å². The summed E-state index contributed by atoms with van der Waals surface area (Å²) in [5.74, 6) is -1.59. The van der Waals surface area contributed by atoms with E-state index in [1.54, 1.807) is 0 Å². The summed E-state index contributed by atoms with van der Waals surface area (Å²) in [4.78, 5) is 25.0. The normalized spacial score (nSPS) is 10.9. The van der Waals surface area contributed by atoms with Crippen LogP contribution in [0, 0.1) is 0 Å². The lowest BCUT2D eigenvalue weighted by atomic mass is 9.86. The topological polar surface area (TPSA) is 71.2 Å². The number of hydrogen-bond donors (Lipinski definition) is 2. The van der Waals surface area contributed by atoms with Crippen molar-refractivity contribution in [1.82, 2.24) is 10.3 Å². The zero-order valence-electron chi connectivity index (χ0n) is 9.66. The quantitative estimate of drug-likeness (QED) is 0.583. The predicted molar refractivity (Wildman–Crippen MR) is 58.8 cm³/mol. The average Bonchev–Trinajstić information content (AvgIpc) is 2.78. The van der Waals surface area contributed by atoms with Gasteiger partial charge in [0.25, 0.3) is 0 Å². The highest BCUT2D eigenvalue weighted by molar-refractivity contribution is 6.32. The summed E-state index contributed by atoms with van der Waals surface area (Å²) < 4.78 is 4.31. The predicted octanol–water partition coefficient (Wildman–Crippen LogP) is 0.581. The van der Waals surface area contributed by atoms with Crippen LogP contribution >= 0.6 is 0 Å². The van der Waals surface area contributed by atoms with E-state index in [1.165, 1.54) is 7.11 Å². The molecule has 0 aromatic carbocycles. The van der Waals surface area contributed by atoms with E-state index in [0.29, 0.717) is 6.54 Å². The molecule has 2 N–H and O–H groups in total. The first-order valence-corrected chi connectivity index (χ1v) is 4.97. The van der Waals surface area contributed by atoms with Crippen LogP contribution in [0.15, 0.2) is 18.5 Å². The van der Waals surface area contributed by atoms with Crippen molar-refractivity contribution < 1.29 is 14.3 Å². The number of hydrogen-bond acceptors (Lipinski definition) is 3. The number of nitrogens with one attached hydrogen (secondary N) is 2. The second-order valence-electron chi connectivity index (χ2n) is 4.16. The highest BCUT2D eigenvalue weighted by atomic mass is 16.5. The number of aromatic nitrogens is 1. The van der Waals surface area contributed by atoms with E-state index in [2.05, 4.69) is 15.0 Å². The Bertz CT molecular complexity index is 369. The molecule has 1 aromatic rings. The summed E-state index contributed by atoms with van der Waals surface area (Å²) in [6.45, 7) is 4.33. The second-order valence-corrected chi connectivity index (χ2v) is 4.16. The minimum Gasteiger partial charge on any atom is -0.462 e. The minimum absolute atomic E-state index is 0.232. The highest BCUT2D eigenvalue weighted by Gasteiger charge is 2.23. The molecule has 0 fully saturated rings. The number of carbonyl (C=O) groups is 2. The lowest BCUT2D eigenvalue weighted by Crippen LogP contribution is -2.40. The van der Waals surface area contributed by atoms with Crippen molar-refractivity contribution in [3.8, 4) is 0 Å². The van der Waals surface area contributed by atoms with Gasteiger partial charge in [0, 0.05) is 24.4 Å². The Morgan fingerprint density at radius 3 is 2.69 bits per heavy atom. The van der Waals surface area contributed by atoms with Crippen molar-refractivity contribution in [2.75, 3.05) is 13.7 Å². The molecule has 1 rings (SSSR count). The largest absolute Gasteiger partial charge is 0.462 e. The maximum Gasteiger partial charge on any atom is 0.396 e. The number of amides is 1. The lowest BCUT2D eigenvalue weighted by Gasteiger charge is -2.23. The first-order valence-electron chi connectivity index (χ1n) is 4.97. The smallest absolute Gasteiger partial charge is 0.396 e. The number of aromatic amines is 1. The van der Waals surface area contributed by atoms with Crippen LogP contribution in [0.1, 0.15) is 19.4 Å². The van der Waals surface area contributed by atoms with Gasteiger partial charge in [-0.15, -0.1) is 0 Å². The van der Waals surface area contributed by atoms with Crippen molar-refractivity contribution in [3.05, 3.63) is 24.0 Å². The second kappa shape index (κ2) is 4.83. The third-order valence-electron chi connectivity index (χ3n) is 2.44. The summed E-state index contributed by atoms with van der Waals surface area (Å²) in [6, 6.07) is 1.93. The van der Waals surface area contributed by atoms with Gasteiger partial charge in [-0.1, -0.05) is 13.8 Å². The number of carbonyl (C=O) groups excluding carboxylic acids is 2. The van der Waals surface area contributed by atoms with E-state index >= 15 is 0 Å². The molecule has 1 aromatic heterocycles. The molecule has 0 atom stereocenters. The highest BCUT2D eigenvalue weighted by Crippen LogP contribution is 2.21. The summed E-state index contributed by atoms with van der Waals surface area (Å²) in [6.07, 6.45) is 3.68. The summed E-state index contributed by atoms with van der Waals surface area (Å²) in [5, 5.41) is 2.53. The lowest BCUT2D eigenvalue weighted by molar-refractivity contribution is -0.152. The maximum absolute atomic E-state index is 11.2. The molecule has 88 valence electrons. The standard InChI is InChI=1S/C11H16N2O3/c1-11(2,8-4-5-12-6-8)7-13-9(14)10(15)16-3/h4-6,12H,7H2,1-3H3,(H,13,14). The molecule has 16 heavy (non-hydrogen) atoms. The minimum atomic E-state index is -0.870. The summed E-state index contributed by atoms with van der Waals surface area (Å²) in [7, 11) is 1.18. The molecular formula is C11H16N2O3. The van der Waals surface area contributed by atoms with Crippen LogP contribution in [0.5, 0.6) is 0 Å². The molecule has 0 saturated carbocycles. The zero-order valence-corrected chi connectivity index (χ0v) is 9.66. The third-order valence-corrected chi connectivity index (χ3v) is 2.44. The monoisotopic (exact) mass is 224 g/mol. The van der Waals surface area contributed by atoms with Crippen LogP contribution in [-0.2, 0) is 19.7 Å². The van der Waals surface area contributed by atoms with E-state index in [0.717, 1.165) is 5.56 Å². The van der Waals surface area contributed by atoms with Crippen LogP contribution < -0.4 is 5.32 Å². The zero-order chi connectivity index (χ0) is 12.2. The van der Waals surface area contributed by atoms with Gasteiger partial charge in [-0.05, 0) is 11.6 Å². The molecule has 0 radical (unpaired) electrons. The molecule has 5 nitrogen and oxygen atoms in total. The summed E-state index contributed by atoms with van der Waals surface area (Å²) >= 11 is 0. The fourth-order valence-electron chi connectivity index (χ4n) is 1.31. The number of methoxy groups -OCH3 is 1. The Kier molecular flexibility index (Phi) is 3.71. The third kappa shape index (κ3) is 2.85. The van der Waals surface area contributed by atoms with Crippen LogP contribution in [-0.4, -0.2) is 30.5 Å². The number of H-pyrrole nitrogens is 1. The molecule has 5 heteroatoms. The Labute approximate surface area is 94.2 Å². The molecule has 0 aliphatic carbocycles. The van der Waals surface area contributed by atoms with Crippen molar-refractivity contribution in [1.29, 1.82) is 0 Å². The van der Waals surface area contributed by atoms with Gasteiger partial charge in [-0.3, -0.25) is 4.79 Å². The first-order chi connectivity index (χ1) is 7.47. The van der Waals surface area contributed by atoms with Gasteiger partial charge in [-0.25, -0.2) is 4.79 Å². The number of esters is 1. The Morgan fingerprint density at radius 2 is 2.19 bits per heavy atom. The van der Waals surface area contributed by atoms with Crippen LogP contribution in [0.3, 0.4) is 0 Å². The van der Waals surface area contributed by atoms with E-state index in [4.69, 9.17) is 0 Å². The van der Waals surface area contributed by atoms with Crippen molar-refractivity contribution in [3.63, 3.8) is 0 Å². The van der Waals surface area contributed by atoms with Crippen LogP contribution in [0.25, 0.3) is 0 Å². The molecule has 0 aliphatic heterocycles. The Balaban J connectivity index is 2.55. The van der Waals surface area contributed by atoms with Crippen LogP contribution in [0.2, 0.25) is 0 Å². The molecule has 0 aliphatic rings. The number of rotatable bonds is 3. The van der Waals surface area contributed by atoms with Gasteiger partial charge in [0.15, 0.2) is 0 Å². The van der Waals surface area contributed by atoms with Gasteiger partial charge in [0.05, 0.1) is 7.11 Å². The fourth-order valence-corrected chi connectivity index (χ4v) is 1.31. The number of ether oxygens (including phenoxy) is 1. The molecule has 0 spiro atoms. The molecule has 0 unspecified atom stereocenters.